The molecule has 11 heteroatoms. The molecule has 3 aromatic rings. The van der Waals surface area contributed by atoms with Gasteiger partial charge < -0.3 is 14.2 Å². The Morgan fingerprint density at radius 1 is 1.36 bits per heavy atom. The number of carbonyl (C=O) groups is 1. The molecule has 0 radical (unpaired) electrons. The van der Waals surface area contributed by atoms with Crippen molar-refractivity contribution in [3.8, 4) is 10.7 Å². The Labute approximate surface area is 147 Å². The van der Waals surface area contributed by atoms with Crippen LogP contribution in [0.3, 0.4) is 0 Å². The van der Waals surface area contributed by atoms with Crippen LogP contribution in [0.5, 0.6) is 0 Å². The molecule has 0 aromatic carbocycles. The third-order valence-corrected chi connectivity index (χ3v) is 5.86. The van der Waals surface area contributed by atoms with Crippen LogP contribution in [0.1, 0.15) is 21.1 Å². The Balaban J connectivity index is 1.97. The van der Waals surface area contributed by atoms with E-state index in [1.165, 1.54) is 18.3 Å². The zero-order chi connectivity index (χ0) is 18.4. The Bertz CT molecular complexity index is 1060. The van der Waals surface area contributed by atoms with E-state index in [9.17, 15) is 13.2 Å². The zero-order valence-electron chi connectivity index (χ0n) is 13.5. The van der Waals surface area contributed by atoms with Crippen molar-refractivity contribution in [1.29, 1.82) is 0 Å². The molecular formula is C14H14N4O5S2. The van der Waals surface area contributed by atoms with Gasteiger partial charge in [-0.25, -0.2) is 18.2 Å². The van der Waals surface area contributed by atoms with E-state index in [0.717, 1.165) is 11.3 Å². The number of anilines is 1. The van der Waals surface area contributed by atoms with Crippen molar-refractivity contribution in [2.24, 2.45) is 7.05 Å². The standard InChI is InChI=1S/C14H14N4O5S2/c1-7-4-11(16-23-7)17-25(21,22)9-5-10(18(3)6-9)13-15-8(2)12(24-13)14(19)20/h4-6H,1-3H3,(H,16,17)(H,19,20). The van der Waals surface area contributed by atoms with Gasteiger partial charge in [0.1, 0.15) is 20.5 Å². The molecule has 0 fully saturated rings. The van der Waals surface area contributed by atoms with E-state index in [0.29, 0.717) is 22.2 Å². The molecule has 3 heterocycles. The molecule has 3 aromatic heterocycles. The summed E-state index contributed by atoms with van der Waals surface area (Å²) < 4.78 is 33.7. The number of aryl methyl sites for hydroxylation is 3. The number of hydrogen-bond acceptors (Lipinski definition) is 7. The van der Waals surface area contributed by atoms with E-state index in [1.807, 2.05) is 0 Å². The monoisotopic (exact) mass is 382 g/mol. The van der Waals surface area contributed by atoms with E-state index >= 15 is 0 Å². The molecule has 0 atom stereocenters. The third kappa shape index (κ3) is 3.28. The smallest absolute Gasteiger partial charge is 0.347 e. The van der Waals surface area contributed by atoms with Crippen molar-refractivity contribution in [2.75, 3.05) is 4.72 Å². The lowest BCUT2D eigenvalue weighted by molar-refractivity contribution is 0.0701. The number of carboxylic acids is 1. The van der Waals surface area contributed by atoms with Gasteiger partial charge in [0.2, 0.25) is 0 Å². The van der Waals surface area contributed by atoms with E-state index in [4.69, 9.17) is 9.63 Å². The maximum Gasteiger partial charge on any atom is 0.347 e. The van der Waals surface area contributed by atoms with Gasteiger partial charge >= 0.3 is 5.97 Å². The van der Waals surface area contributed by atoms with Crippen molar-refractivity contribution in [3.63, 3.8) is 0 Å². The summed E-state index contributed by atoms with van der Waals surface area (Å²) >= 11 is 0.992. The number of carboxylic acid groups (broad SMARTS) is 1. The number of nitrogens with zero attached hydrogens (tertiary/aromatic N) is 3. The summed E-state index contributed by atoms with van der Waals surface area (Å²) in [5.74, 6) is -0.501. The molecule has 0 amide bonds. The van der Waals surface area contributed by atoms with Gasteiger partial charge in [-0.3, -0.25) is 4.72 Å². The summed E-state index contributed by atoms with van der Waals surface area (Å²) in [6.07, 6.45) is 1.42. The first-order valence-corrected chi connectivity index (χ1v) is 9.31. The molecule has 2 N–H and O–H groups in total. The summed E-state index contributed by atoms with van der Waals surface area (Å²) in [4.78, 5) is 15.5. The lowest BCUT2D eigenvalue weighted by Crippen LogP contribution is -2.12. The van der Waals surface area contributed by atoms with Gasteiger partial charge in [0.05, 0.1) is 11.4 Å². The fourth-order valence-electron chi connectivity index (χ4n) is 2.21. The van der Waals surface area contributed by atoms with E-state index < -0.39 is 16.0 Å². The van der Waals surface area contributed by atoms with Gasteiger partial charge in [-0.05, 0) is 19.9 Å². The first-order chi connectivity index (χ1) is 11.7. The normalized spacial score (nSPS) is 11.6. The second-order valence-corrected chi connectivity index (χ2v) is 8.02. The average molecular weight is 382 g/mol. The SMILES string of the molecule is Cc1cc(NS(=O)(=O)c2cc(-c3nc(C)c(C(=O)O)s3)n(C)c2)no1. The summed E-state index contributed by atoms with van der Waals surface area (Å²) in [5, 5.41) is 13.2. The van der Waals surface area contributed by atoms with E-state index in [-0.39, 0.29) is 15.6 Å². The number of aromatic nitrogens is 3. The van der Waals surface area contributed by atoms with Gasteiger partial charge in [0.15, 0.2) is 5.82 Å². The van der Waals surface area contributed by atoms with Crippen molar-refractivity contribution >= 4 is 33.1 Å². The number of rotatable bonds is 5. The summed E-state index contributed by atoms with van der Waals surface area (Å²) in [5.41, 5.74) is 0.881. The minimum absolute atomic E-state index is 0.00961. The predicted octanol–water partition coefficient (Wildman–Crippen LogP) is 2.25. The molecule has 3 rings (SSSR count). The van der Waals surface area contributed by atoms with Crippen LogP contribution >= 0.6 is 11.3 Å². The second-order valence-electron chi connectivity index (χ2n) is 5.34. The Morgan fingerprint density at radius 3 is 2.64 bits per heavy atom. The molecule has 132 valence electrons. The second kappa shape index (κ2) is 6.01. The summed E-state index contributed by atoms with van der Waals surface area (Å²) in [7, 11) is -2.20. The zero-order valence-corrected chi connectivity index (χ0v) is 15.1. The predicted molar refractivity (Wildman–Crippen MR) is 90.3 cm³/mol. The van der Waals surface area contributed by atoms with E-state index in [1.54, 1.807) is 25.5 Å². The molecule has 0 aliphatic carbocycles. The number of aromatic carboxylic acids is 1. The quantitative estimate of drug-likeness (QED) is 0.693. The summed E-state index contributed by atoms with van der Waals surface area (Å²) in [6, 6.07) is 2.89. The number of hydrogen-bond donors (Lipinski definition) is 2. The van der Waals surface area contributed by atoms with Crippen LogP contribution in [0.15, 0.2) is 27.7 Å². The molecular weight excluding hydrogens is 368 g/mol. The molecule has 0 bridgehead atoms. The van der Waals surface area contributed by atoms with Crippen LogP contribution < -0.4 is 4.72 Å². The highest BCUT2D eigenvalue weighted by Crippen LogP contribution is 2.30. The van der Waals surface area contributed by atoms with Crippen molar-refractivity contribution < 1.29 is 22.8 Å². The van der Waals surface area contributed by atoms with Gasteiger partial charge in [0.25, 0.3) is 10.0 Å². The maximum absolute atomic E-state index is 12.5. The number of thiazole rings is 1. The maximum atomic E-state index is 12.5. The first-order valence-electron chi connectivity index (χ1n) is 7.01. The number of sulfonamides is 1. The molecule has 0 aliphatic heterocycles. The van der Waals surface area contributed by atoms with Gasteiger partial charge in [-0.1, -0.05) is 5.16 Å². The highest BCUT2D eigenvalue weighted by molar-refractivity contribution is 7.92. The van der Waals surface area contributed by atoms with Gasteiger partial charge in [-0.2, -0.15) is 0 Å². The van der Waals surface area contributed by atoms with Crippen LogP contribution in [0.2, 0.25) is 0 Å². The van der Waals surface area contributed by atoms with Crippen LogP contribution in [-0.4, -0.2) is 34.2 Å². The van der Waals surface area contributed by atoms with Crippen molar-refractivity contribution in [3.05, 3.63) is 34.7 Å². The molecule has 0 saturated heterocycles. The molecule has 0 spiro atoms. The van der Waals surface area contributed by atoms with Crippen LogP contribution in [0.4, 0.5) is 5.82 Å². The Hall–Kier alpha value is -2.66. The molecule has 9 nitrogen and oxygen atoms in total. The van der Waals surface area contributed by atoms with Crippen LogP contribution in [0.25, 0.3) is 10.7 Å². The Morgan fingerprint density at radius 2 is 2.08 bits per heavy atom. The lowest BCUT2D eigenvalue weighted by atomic mass is 10.4. The largest absolute Gasteiger partial charge is 0.477 e. The third-order valence-electron chi connectivity index (χ3n) is 3.37. The van der Waals surface area contributed by atoms with Gasteiger partial charge in [0, 0.05) is 19.3 Å². The first kappa shape index (κ1) is 17.2. The topological polar surface area (TPSA) is 127 Å². The molecule has 0 unspecified atom stereocenters. The highest BCUT2D eigenvalue weighted by atomic mass is 32.2. The minimum atomic E-state index is -3.86. The minimum Gasteiger partial charge on any atom is -0.477 e. The van der Waals surface area contributed by atoms with Gasteiger partial charge in [-0.15, -0.1) is 11.3 Å². The molecule has 25 heavy (non-hydrogen) atoms. The van der Waals surface area contributed by atoms with Crippen LogP contribution in [-0.2, 0) is 17.1 Å². The fourth-order valence-corrected chi connectivity index (χ4v) is 4.23. The van der Waals surface area contributed by atoms with Crippen molar-refractivity contribution in [2.45, 2.75) is 18.7 Å². The molecule has 0 aliphatic rings. The van der Waals surface area contributed by atoms with Crippen molar-refractivity contribution in [1.82, 2.24) is 14.7 Å². The molecule has 0 saturated carbocycles. The Kier molecular flexibility index (Phi) is 4.13. The van der Waals surface area contributed by atoms with E-state index in [2.05, 4.69) is 14.9 Å². The highest BCUT2D eigenvalue weighted by Gasteiger charge is 2.22. The fraction of sp³-hybridized carbons (Fsp3) is 0.214. The number of nitrogens with one attached hydrogen (secondary N) is 1. The lowest BCUT2D eigenvalue weighted by Gasteiger charge is -2.01. The average Bonchev–Trinajstić information content (AvgIpc) is 3.18. The summed E-state index contributed by atoms with van der Waals surface area (Å²) in [6.45, 7) is 3.24. The van der Waals surface area contributed by atoms with Crippen LogP contribution in [0, 0.1) is 13.8 Å².